The maximum Gasteiger partial charge on any atom is 0.255 e. The lowest BCUT2D eigenvalue weighted by molar-refractivity contribution is 0.316. The predicted octanol–water partition coefficient (Wildman–Crippen LogP) is 1.38. The molecule has 0 aliphatic carbocycles. The first kappa shape index (κ1) is 11.6. The molecule has 0 bridgehead atoms. The summed E-state index contributed by atoms with van der Waals surface area (Å²) in [5.74, 6) is 1.78. The number of aromatic nitrogens is 4. The molecule has 0 aromatic carbocycles. The molecular formula is C13H19N5. The summed E-state index contributed by atoms with van der Waals surface area (Å²) in [6.45, 7) is 8.46. The third-order valence-corrected chi connectivity index (χ3v) is 3.94. The third kappa shape index (κ3) is 1.70. The number of nitrogens with one attached hydrogen (secondary N) is 1. The van der Waals surface area contributed by atoms with Crippen molar-refractivity contribution in [3.63, 3.8) is 0 Å². The first-order chi connectivity index (χ1) is 8.60. The molecule has 1 aliphatic rings. The molecule has 0 radical (unpaired) electrons. The summed E-state index contributed by atoms with van der Waals surface area (Å²) in [7, 11) is 0. The monoisotopic (exact) mass is 245 g/mol. The Hall–Kier alpha value is -1.49. The van der Waals surface area contributed by atoms with Crippen molar-refractivity contribution in [2.75, 3.05) is 13.1 Å². The van der Waals surface area contributed by atoms with Crippen LogP contribution in [-0.2, 0) is 5.41 Å². The zero-order valence-electron chi connectivity index (χ0n) is 11.2. The van der Waals surface area contributed by atoms with Crippen molar-refractivity contribution in [3.8, 4) is 0 Å². The van der Waals surface area contributed by atoms with Crippen LogP contribution in [0.15, 0.2) is 6.07 Å². The fraction of sp³-hybridized carbons (Fsp3) is 0.615. The minimum Gasteiger partial charge on any atom is -0.317 e. The molecule has 5 nitrogen and oxygen atoms in total. The van der Waals surface area contributed by atoms with E-state index in [1.54, 1.807) is 0 Å². The smallest absolute Gasteiger partial charge is 0.255 e. The summed E-state index contributed by atoms with van der Waals surface area (Å²) in [6.07, 6.45) is 2.20. The van der Waals surface area contributed by atoms with E-state index in [1.807, 2.05) is 6.92 Å². The Morgan fingerprint density at radius 3 is 2.67 bits per heavy atom. The van der Waals surface area contributed by atoms with Crippen LogP contribution in [0.25, 0.3) is 5.78 Å². The van der Waals surface area contributed by atoms with E-state index in [9.17, 15) is 0 Å². The van der Waals surface area contributed by atoms with Crippen LogP contribution in [-0.4, -0.2) is 32.7 Å². The molecule has 3 heterocycles. The molecule has 0 unspecified atom stereocenters. The van der Waals surface area contributed by atoms with E-state index in [2.05, 4.69) is 44.8 Å². The summed E-state index contributed by atoms with van der Waals surface area (Å²) in [5.41, 5.74) is 2.26. The van der Waals surface area contributed by atoms with Crippen molar-refractivity contribution in [1.82, 2.24) is 24.9 Å². The fourth-order valence-corrected chi connectivity index (χ4v) is 2.82. The van der Waals surface area contributed by atoms with E-state index >= 15 is 0 Å². The molecule has 5 heteroatoms. The summed E-state index contributed by atoms with van der Waals surface area (Å²) >= 11 is 0. The lowest BCUT2D eigenvalue weighted by Crippen LogP contribution is -2.39. The van der Waals surface area contributed by atoms with E-state index in [0.717, 1.165) is 48.9 Å². The third-order valence-electron chi connectivity index (χ3n) is 3.94. The Morgan fingerprint density at radius 1 is 1.22 bits per heavy atom. The topological polar surface area (TPSA) is 55.1 Å². The highest BCUT2D eigenvalue weighted by atomic mass is 15.3. The van der Waals surface area contributed by atoms with Gasteiger partial charge in [0.25, 0.3) is 5.78 Å². The van der Waals surface area contributed by atoms with Gasteiger partial charge in [0.15, 0.2) is 0 Å². The van der Waals surface area contributed by atoms with Gasteiger partial charge in [0.2, 0.25) is 0 Å². The molecule has 96 valence electrons. The van der Waals surface area contributed by atoms with Gasteiger partial charge in [-0.05, 0) is 45.8 Å². The van der Waals surface area contributed by atoms with E-state index in [-0.39, 0.29) is 5.41 Å². The highest BCUT2D eigenvalue weighted by Crippen LogP contribution is 2.32. The van der Waals surface area contributed by atoms with Crippen LogP contribution in [0, 0.1) is 13.8 Å². The Bertz CT molecular complexity index is 580. The maximum atomic E-state index is 4.46. The first-order valence-electron chi connectivity index (χ1n) is 6.51. The molecule has 1 aliphatic heterocycles. The minimum absolute atomic E-state index is 0.104. The quantitative estimate of drug-likeness (QED) is 0.824. The Balaban J connectivity index is 2.17. The number of hydrogen-bond donors (Lipinski definition) is 1. The lowest BCUT2D eigenvalue weighted by atomic mass is 9.80. The molecule has 1 N–H and O–H groups in total. The lowest BCUT2D eigenvalue weighted by Gasteiger charge is -2.32. The molecule has 0 atom stereocenters. The van der Waals surface area contributed by atoms with Gasteiger partial charge < -0.3 is 5.32 Å². The van der Waals surface area contributed by atoms with Crippen molar-refractivity contribution in [1.29, 1.82) is 0 Å². The van der Waals surface area contributed by atoms with Crippen molar-refractivity contribution < 1.29 is 0 Å². The van der Waals surface area contributed by atoms with Crippen LogP contribution in [0.5, 0.6) is 0 Å². The second-order valence-electron chi connectivity index (χ2n) is 5.51. The van der Waals surface area contributed by atoms with E-state index in [0.29, 0.717) is 0 Å². The van der Waals surface area contributed by atoms with Crippen LogP contribution in [0.2, 0.25) is 0 Å². The van der Waals surface area contributed by atoms with Crippen molar-refractivity contribution in [2.24, 2.45) is 0 Å². The number of hydrogen-bond acceptors (Lipinski definition) is 4. The molecule has 0 saturated carbocycles. The van der Waals surface area contributed by atoms with Gasteiger partial charge in [0.1, 0.15) is 5.82 Å². The van der Waals surface area contributed by atoms with E-state index < -0.39 is 0 Å². The van der Waals surface area contributed by atoms with E-state index in [1.165, 1.54) is 0 Å². The van der Waals surface area contributed by atoms with Crippen molar-refractivity contribution in [3.05, 3.63) is 23.3 Å². The second kappa shape index (κ2) is 4.02. The van der Waals surface area contributed by atoms with Gasteiger partial charge in [-0.3, -0.25) is 4.40 Å². The SMILES string of the molecule is Cc1cc(C)n2c(C3(C)CCNCC3)nnc2n1. The molecule has 1 saturated heterocycles. The Kier molecular flexibility index (Phi) is 2.59. The van der Waals surface area contributed by atoms with Gasteiger partial charge >= 0.3 is 0 Å². The largest absolute Gasteiger partial charge is 0.317 e. The number of piperidine rings is 1. The van der Waals surface area contributed by atoms with Crippen LogP contribution >= 0.6 is 0 Å². The molecule has 0 amide bonds. The molecule has 0 spiro atoms. The summed E-state index contributed by atoms with van der Waals surface area (Å²) in [5, 5.41) is 12.1. The van der Waals surface area contributed by atoms with Crippen LogP contribution in [0.1, 0.15) is 37.0 Å². The normalized spacial score (nSPS) is 19.3. The molecule has 3 rings (SSSR count). The highest BCUT2D eigenvalue weighted by Gasteiger charge is 2.33. The predicted molar refractivity (Wildman–Crippen MR) is 69.7 cm³/mol. The van der Waals surface area contributed by atoms with Crippen molar-refractivity contribution in [2.45, 2.75) is 39.0 Å². The van der Waals surface area contributed by atoms with Gasteiger partial charge in [0, 0.05) is 16.8 Å². The van der Waals surface area contributed by atoms with Gasteiger partial charge in [-0.15, -0.1) is 10.2 Å². The number of rotatable bonds is 1. The molecule has 2 aromatic rings. The Labute approximate surface area is 107 Å². The Morgan fingerprint density at radius 2 is 1.94 bits per heavy atom. The van der Waals surface area contributed by atoms with Crippen LogP contribution < -0.4 is 5.32 Å². The molecule has 18 heavy (non-hydrogen) atoms. The number of fused-ring (bicyclic) bond motifs is 1. The summed E-state index contributed by atoms with van der Waals surface area (Å²) in [4.78, 5) is 4.46. The number of nitrogens with zero attached hydrogens (tertiary/aromatic N) is 4. The first-order valence-corrected chi connectivity index (χ1v) is 6.51. The average Bonchev–Trinajstić information content (AvgIpc) is 2.74. The van der Waals surface area contributed by atoms with Gasteiger partial charge in [0.05, 0.1) is 0 Å². The second-order valence-corrected chi connectivity index (χ2v) is 5.51. The van der Waals surface area contributed by atoms with Gasteiger partial charge in [-0.2, -0.15) is 0 Å². The van der Waals surface area contributed by atoms with Gasteiger partial charge in [-0.1, -0.05) is 6.92 Å². The fourth-order valence-electron chi connectivity index (χ4n) is 2.82. The van der Waals surface area contributed by atoms with E-state index in [4.69, 9.17) is 0 Å². The van der Waals surface area contributed by atoms with Crippen LogP contribution in [0.4, 0.5) is 0 Å². The number of aryl methyl sites for hydroxylation is 2. The maximum absolute atomic E-state index is 4.46. The zero-order chi connectivity index (χ0) is 12.8. The standard InChI is InChI=1S/C13H19N5/c1-9-8-10(2)18-11(16-17-12(18)15-9)13(3)4-6-14-7-5-13/h8,14H,4-7H2,1-3H3. The highest BCUT2D eigenvalue weighted by molar-refractivity contribution is 5.34. The zero-order valence-corrected chi connectivity index (χ0v) is 11.2. The van der Waals surface area contributed by atoms with Crippen molar-refractivity contribution >= 4 is 5.78 Å². The van der Waals surface area contributed by atoms with Gasteiger partial charge in [-0.25, -0.2) is 4.98 Å². The molecule has 1 fully saturated rings. The summed E-state index contributed by atoms with van der Waals surface area (Å²) < 4.78 is 2.11. The molecule has 2 aromatic heterocycles. The average molecular weight is 245 g/mol. The summed E-state index contributed by atoms with van der Waals surface area (Å²) in [6, 6.07) is 2.09. The minimum atomic E-state index is 0.104. The molecular weight excluding hydrogens is 226 g/mol. The van der Waals surface area contributed by atoms with Crippen LogP contribution in [0.3, 0.4) is 0 Å².